The number of nitrogens with zero attached hydrogens (tertiary/aromatic N) is 2. The van der Waals surface area contributed by atoms with Crippen LogP contribution in [0.15, 0.2) is 48.7 Å². The van der Waals surface area contributed by atoms with E-state index in [1.165, 1.54) is 23.9 Å². The highest BCUT2D eigenvalue weighted by Gasteiger charge is 2.05. The van der Waals surface area contributed by atoms with Gasteiger partial charge in [0.15, 0.2) is 0 Å². The quantitative estimate of drug-likeness (QED) is 0.458. The summed E-state index contributed by atoms with van der Waals surface area (Å²) in [5.74, 6) is 0.406. The first-order valence-corrected chi connectivity index (χ1v) is 6.73. The third kappa shape index (κ3) is 5.19. The second-order valence-corrected chi connectivity index (χ2v) is 4.48. The molecular weight excluding hydrogens is 270 g/mol. The molecule has 1 heterocycles. The van der Waals surface area contributed by atoms with Crippen LogP contribution in [0, 0.1) is 10.1 Å². The van der Waals surface area contributed by atoms with Gasteiger partial charge in [0.2, 0.25) is 5.88 Å². The minimum Gasteiger partial charge on any atom is -0.478 e. The Kier molecular flexibility index (Phi) is 5.66. The molecule has 2 rings (SSSR count). The predicted molar refractivity (Wildman–Crippen MR) is 79.2 cm³/mol. The maximum Gasteiger partial charge on any atom is 0.287 e. The lowest BCUT2D eigenvalue weighted by Gasteiger charge is -2.06. The van der Waals surface area contributed by atoms with Crippen molar-refractivity contribution in [2.24, 2.45) is 0 Å². The molecule has 0 atom stereocenters. The van der Waals surface area contributed by atoms with E-state index in [9.17, 15) is 10.1 Å². The van der Waals surface area contributed by atoms with Gasteiger partial charge in [0.1, 0.15) is 6.20 Å². The molecule has 110 valence electrons. The van der Waals surface area contributed by atoms with Gasteiger partial charge in [0.25, 0.3) is 5.69 Å². The van der Waals surface area contributed by atoms with Crippen LogP contribution in [-0.2, 0) is 6.54 Å². The van der Waals surface area contributed by atoms with Crippen LogP contribution in [0.3, 0.4) is 0 Å². The van der Waals surface area contributed by atoms with Crippen molar-refractivity contribution in [3.63, 3.8) is 0 Å². The van der Waals surface area contributed by atoms with Crippen molar-refractivity contribution in [2.75, 3.05) is 13.2 Å². The molecule has 0 unspecified atom stereocenters. The molecule has 0 fully saturated rings. The maximum absolute atomic E-state index is 10.5. The van der Waals surface area contributed by atoms with Gasteiger partial charge >= 0.3 is 0 Å². The molecule has 1 N–H and O–H groups in total. The SMILES string of the molecule is O=[N+]([O-])c1ccc(OCCCNCc2ccccc2)nc1. The first-order valence-electron chi connectivity index (χ1n) is 6.73. The van der Waals surface area contributed by atoms with Crippen molar-refractivity contribution in [3.05, 3.63) is 64.3 Å². The van der Waals surface area contributed by atoms with Gasteiger partial charge in [-0.1, -0.05) is 30.3 Å². The average molecular weight is 287 g/mol. The first kappa shape index (κ1) is 14.9. The van der Waals surface area contributed by atoms with E-state index in [1.54, 1.807) is 0 Å². The smallest absolute Gasteiger partial charge is 0.287 e. The number of hydrogen-bond acceptors (Lipinski definition) is 5. The van der Waals surface area contributed by atoms with Gasteiger partial charge < -0.3 is 10.1 Å². The minimum atomic E-state index is -0.482. The summed E-state index contributed by atoms with van der Waals surface area (Å²) < 4.78 is 5.42. The van der Waals surface area contributed by atoms with Gasteiger partial charge in [-0.05, 0) is 18.5 Å². The van der Waals surface area contributed by atoms with Crippen LogP contribution in [-0.4, -0.2) is 23.1 Å². The Bertz CT molecular complexity index is 558. The minimum absolute atomic E-state index is 0.0353. The lowest BCUT2D eigenvalue weighted by Crippen LogP contribution is -2.17. The lowest BCUT2D eigenvalue weighted by atomic mass is 10.2. The summed E-state index contributed by atoms with van der Waals surface area (Å²) >= 11 is 0. The fourth-order valence-electron chi connectivity index (χ4n) is 1.77. The lowest BCUT2D eigenvalue weighted by molar-refractivity contribution is -0.385. The molecule has 2 aromatic rings. The zero-order valence-corrected chi connectivity index (χ0v) is 11.6. The van der Waals surface area contributed by atoms with Crippen molar-refractivity contribution in [1.29, 1.82) is 0 Å². The van der Waals surface area contributed by atoms with Crippen LogP contribution in [0.5, 0.6) is 5.88 Å². The van der Waals surface area contributed by atoms with Crippen molar-refractivity contribution in [2.45, 2.75) is 13.0 Å². The molecule has 0 aliphatic heterocycles. The van der Waals surface area contributed by atoms with E-state index in [1.807, 2.05) is 18.2 Å². The fraction of sp³-hybridized carbons (Fsp3) is 0.267. The Balaban J connectivity index is 1.60. The molecule has 6 nitrogen and oxygen atoms in total. The fourth-order valence-corrected chi connectivity index (χ4v) is 1.77. The number of pyridine rings is 1. The maximum atomic E-state index is 10.5. The zero-order valence-electron chi connectivity index (χ0n) is 11.6. The second-order valence-electron chi connectivity index (χ2n) is 4.48. The summed E-state index contributed by atoms with van der Waals surface area (Å²) in [4.78, 5) is 13.9. The Morgan fingerprint density at radius 1 is 1.19 bits per heavy atom. The van der Waals surface area contributed by atoms with E-state index in [-0.39, 0.29) is 5.69 Å². The van der Waals surface area contributed by atoms with E-state index in [4.69, 9.17) is 4.74 Å². The molecule has 0 saturated heterocycles. The highest BCUT2D eigenvalue weighted by Crippen LogP contribution is 2.13. The standard InChI is InChI=1S/C15H17N3O3/c19-18(20)14-7-8-15(17-12-14)21-10-4-9-16-11-13-5-2-1-3-6-13/h1-3,5-8,12,16H,4,9-11H2. The van der Waals surface area contributed by atoms with Crippen LogP contribution < -0.4 is 10.1 Å². The van der Waals surface area contributed by atoms with E-state index in [0.29, 0.717) is 12.5 Å². The Labute approximate surface area is 122 Å². The van der Waals surface area contributed by atoms with E-state index in [2.05, 4.69) is 22.4 Å². The molecule has 0 saturated carbocycles. The number of ether oxygens (including phenoxy) is 1. The molecule has 0 radical (unpaired) electrons. The monoisotopic (exact) mass is 287 g/mol. The Hall–Kier alpha value is -2.47. The third-order valence-electron chi connectivity index (χ3n) is 2.85. The molecule has 0 aliphatic rings. The predicted octanol–water partition coefficient (Wildman–Crippen LogP) is 2.55. The van der Waals surface area contributed by atoms with E-state index >= 15 is 0 Å². The zero-order chi connectivity index (χ0) is 14.9. The Morgan fingerprint density at radius 2 is 2.00 bits per heavy atom. The molecule has 1 aromatic heterocycles. The van der Waals surface area contributed by atoms with Gasteiger partial charge in [-0.3, -0.25) is 10.1 Å². The first-order chi connectivity index (χ1) is 10.3. The second kappa shape index (κ2) is 7.96. The summed E-state index contributed by atoms with van der Waals surface area (Å²) in [6.45, 7) is 2.19. The third-order valence-corrected chi connectivity index (χ3v) is 2.85. The number of nitrogens with one attached hydrogen (secondary N) is 1. The van der Waals surface area contributed by atoms with Crippen molar-refractivity contribution >= 4 is 5.69 Å². The van der Waals surface area contributed by atoms with Crippen LogP contribution in [0.2, 0.25) is 0 Å². The summed E-state index contributed by atoms with van der Waals surface area (Å²) in [7, 11) is 0. The number of hydrogen-bond donors (Lipinski definition) is 1. The summed E-state index contributed by atoms with van der Waals surface area (Å²) in [6, 6.07) is 13.1. The van der Waals surface area contributed by atoms with E-state index < -0.39 is 4.92 Å². The average Bonchev–Trinajstić information content (AvgIpc) is 2.52. The van der Waals surface area contributed by atoms with Gasteiger partial charge in [-0.15, -0.1) is 0 Å². The van der Waals surface area contributed by atoms with Crippen molar-refractivity contribution in [1.82, 2.24) is 10.3 Å². The highest BCUT2D eigenvalue weighted by molar-refractivity contribution is 5.28. The molecule has 0 amide bonds. The van der Waals surface area contributed by atoms with Gasteiger partial charge in [-0.2, -0.15) is 0 Å². The number of benzene rings is 1. The molecule has 0 spiro atoms. The molecule has 1 aromatic carbocycles. The van der Waals surface area contributed by atoms with Crippen LogP contribution in [0.4, 0.5) is 5.69 Å². The molecular formula is C15H17N3O3. The van der Waals surface area contributed by atoms with Crippen LogP contribution in [0.25, 0.3) is 0 Å². The number of nitro groups is 1. The normalized spacial score (nSPS) is 10.3. The van der Waals surface area contributed by atoms with Crippen molar-refractivity contribution < 1.29 is 9.66 Å². The molecule has 0 bridgehead atoms. The van der Waals surface area contributed by atoms with Crippen molar-refractivity contribution in [3.8, 4) is 5.88 Å². The number of rotatable bonds is 8. The van der Waals surface area contributed by atoms with Crippen LogP contribution in [0.1, 0.15) is 12.0 Å². The molecule has 21 heavy (non-hydrogen) atoms. The van der Waals surface area contributed by atoms with Gasteiger partial charge in [-0.25, -0.2) is 4.98 Å². The summed E-state index contributed by atoms with van der Waals surface area (Å²) in [5.41, 5.74) is 1.21. The van der Waals surface area contributed by atoms with E-state index in [0.717, 1.165) is 19.5 Å². The molecule has 6 heteroatoms. The summed E-state index contributed by atoms with van der Waals surface area (Å²) in [6.07, 6.45) is 2.04. The molecule has 0 aliphatic carbocycles. The number of aromatic nitrogens is 1. The Morgan fingerprint density at radius 3 is 2.67 bits per heavy atom. The van der Waals surface area contributed by atoms with Gasteiger partial charge in [0, 0.05) is 18.7 Å². The van der Waals surface area contributed by atoms with Gasteiger partial charge in [0.05, 0.1) is 11.5 Å². The topological polar surface area (TPSA) is 77.3 Å². The highest BCUT2D eigenvalue weighted by atomic mass is 16.6. The summed E-state index contributed by atoms with van der Waals surface area (Å²) in [5, 5.41) is 13.8. The van der Waals surface area contributed by atoms with Crippen LogP contribution >= 0.6 is 0 Å². The largest absolute Gasteiger partial charge is 0.478 e.